The molecule has 0 amide bonds. The van der Waals surface area contributed by atoms with Crippen molar-refractivity contribution in [1.29, 1.82) is 0 Å². The predicted molar refractivity (Wildman–Crippen MR) is 61.5 cm³/mol. The molecule has 2 N–H and O–H groups in total. The first-order chi connectivity index (χ1) is 6.24. The van der Waals surface area contributed by atoms with Crippen LogP contribution in [-0.2, 0) is 6.42 Å². The van der Waals surface area contributed by atoms with Crippen molar-refractivity contribution >= 4 is 23.1 Å². The van der Waals surface area contributed by atoms with Crippen LogP contribution in [0.25, 0.3) is 0 Å². The average molecular weight is 216 g/mol. The molecule has 0 saturated heterocycles. The summed E-state index contributed by atoms with van der Waals surface area (Å²) in [6.45, 7) is 5.01. The average Bonchev–Trinajstić information content (AvgIpc) is 2.52. The number of nitrogens with two attached hydrogens (primary N) is 1. The Morgan fingerprint density at radius 1 is 1.69 bits per heavy atom. The molecule has 1 heterocycles. The van der Waals surface area contributed by atoms with Gasteiger partial charge in [0.25, 0.3) is 0 Å². The van der Waals surface area contributed by atoms with E-state index >= 15 is 0 Å². The van der Waals surface area contributed by atoms with Crippen molar-refractivity contribution in [2.45, 2.75) is 25.5 Å². The quantitative estimate of drug-likeness (QED) is 0.819. The first kappa shape index (κ1) is 11.0. The number of aromatic nitrogens is 1. The zero-order chi connectivity index (χ0) is 9.68. The lowest BCUT2D eigenvalue weighted by atomic mass is 10.3. The van der Waals surface area contributed by atoms with Crippen LogP contribution in [0.2, 0.25) is 0 Å². The first-order valence-electron chi connectivity index (χ1n) is 4.44. The Balaban J connectivity index is 2.24. The Bertz CT molecular complexity index is 248. The summed E-state index contributed by atoms with van der Waals surface area (Å²) in [5.41, 5.74) is 8.64. The highest BCUT2D eigenvalue weighted by Crippen LogP contribution is 2.17. The van der Waals surface area contributed by atoms with Gasteiger partial charge in [-0.05, 0) is 19.1 Å². The highest BCUT2D eigenvalue weighted by molar-refractivity contribution is 7.99. The summed E-state index contributed by atoms with van der Waals surface area (Å²) in [6.07, 6.45) is 1.13. The fourth-order valence-corrected chi connectivity index (χ4v) is 2.76. The zero-order valence-electron chi connectivity index (χ0n) is 8.12. The monoisotopic (exact) mass is 216 g/mol. The van der Waals surface area contributed by atoms with Gasteiger partial charge < -0.3 is 5.73 Å². The lowest BCUT2D eigenvalue weighted by molar-refractivity contribution is 0.948. The van der Waals surface area contributed by atoms with Crippen LogP contribution in [0.15, 0.2) is 5.51 Å². The van der Waals surface area contributed by atoms with E-state index in [1.54, 1.807) is 11.3 Å². The molecule has 2 nitrogen and oxygen atoms in total. The molecule has 0 fully saturated rings. The van der Waals surface area contributed by atoms with Gasteiger partial charge in [-0.15, -0.1) is 11.3 Å². The highest BCUT2D eigenvalue weighted by atomic mass is 32.2. The van der Waals surface area contributed by atoms with Gasteiger partial charge in [-0.2, -0.15) is 11.8 Å². The number of aryl methyl sites for hydroxylation is 2. The summed E-state index contributed by atoms with van der Waals surface area (Å²) in [5.74, 6) is 1.15. The van der Waals surface area contributed by atoms with Crippen molar-refractivity contribution in [3.8, 4) is 0 Å². The third kappa shape index (κ3) is 3.67. The molecule has 1 atom stereocenters. The minimum absolute atomic E-state index is 0.577. The van der Waals surface area contributed by atoms with E-state index in [0.717, 1.165) is 18.7 Å². The number of rotatable bonds is 5. The van der Waals surface area contributed by atoms with Crippen LogP contribution in [-0.4, -0.2) is 22.5 Å². The summed E-state index contributed by atoms with van der Waals surface area (Å²) in [6, 6.07) is 0. The SMILES string of the molecule is Cc1ncsc1CCSC(C)CN. The molecule has 0 aliphatic heterocycles. The molecule has 1 rings (SSSR count). The molecule has 74 valence electrons. The second-order valence-corrected chi connectivity index (χ2v) is 5.51. The maximum Gasteiger partial charge on any atom is 0.0797 e. The molecule has 0 bridgehead atoms. The fraction of sp³-hybridized carbons (Fsp3) is 0.667. The van der Waals surface area contributed by atoms with Crippen molar-refractivity contribution in [3.05, 3.63) is 16.1 Å². The van der Waals surface area contributed by atoms with Crippen LogP contribution >= 0.6 is 23.1 Å². The van der Waals surface area contributed by atoms with E-state index in [9.17, 15) is 0 Å². The third-order valence-corrected chi connectivity index (χ3v) is 4.10. The maximum atomic E-state index is 5.53. The Kier molecular flexibility index (Phi) is 4.77. The number of hydrogen-bond donors (Lipinski definition) is 1. The molecule has 1 aromatic rings. The highest BCUT2D eigenvalue weighted by Gasteiger charge is 2.03. The minimum Gasteiger partial charge on any atom is -0.329 e. The van der Waals surface area contributed by atoms with Gasteiger partial charge in [0.2, 0.25) is 0 Å². The third-order valence-electron chi connectivity index (χ3n) is 1.91. The predicted octanol–water partition coefficient (Wildman–Crippen LogP) is 2.07. The van der Waals surface area contributed by atoms with Gasteiger partial charge in [-0.25, -0.2) is 4.98 Å². The molecule has 0 aromatic carbocycles. The number of thioether (sulfide) groups is 1. The van der Waals surface area contributed by atoms with Gasteiger partial charge in [0, 0.05) is 16.7 Å². The van der Waals surface area contributed by atoms with Crippen molar-refractivity contribution in [1.82, 2.24) is 4.98 Å². The molecular weight excluding hydrogens is 200 g/mol. The van der Waals surface area contributed by atoms with E-state index in [-0.39, 0.29) is 0 Å². The Morgan fingerprint density at radius 2 is 2.46 bits per heavy atom. The van der Waals surface area contributed by atoms with E-state index in [0.29, 0.717) is 5.25 Å². The van der Waals surface area contributed by atoms with Crippen molar-refractivity contribution in [2.24, 2.45) is 5.73 Å². The maximum absolute atomic E-state index is 5.53. The van der Waals surface area contributed by atoms with Crippen molar-refractivity contribution in [2.75, 3.05) is 12.3 Å². The Hall–Kier alpha value is -0.0600. The largest absolute Gasteiger partial charge is 0.329 e. The molecule has 1 unspecified atom stereocenters. The van der Waals surface area contributed by atoms with Crippen LogP contribution in [0.5, 0.6) is 0 Å². The van der Waals surface area contributed by atoms with E-state index < -0.39 is 0 Å². The molecule has 0 spiro atoms. The van der Waals surface area contributed by atoms with E-state index in [1.807, 2.05) is 17.3 Å². The van der Waals surface area contributed by atoms with E-state index in [1.165, 1.54) is 10.6 Å². The van der Waals surface area contributed by atoms with Crippen molar-refractivity contribution in [3.63, 3.8) is 0 Å². The topological polar surface area (TPSA) is 38.9 Å². The molecule has 0 aliphatic carbocycles. The van der Waals surface area contributed by atoms with Crippen LogP contribution < -0.4 is 5.73 Å². The van der Waals surface area contributed by atoms with Crippen LogP contribution in [0.4, 0.5) is 0 Å². The lowest BCUT2D eigenvalue weighted by Gasteiger charge is -2.06. The summed E-state index contributed by atoms with van der Waals surface area (Å²) in [5, 5.41) is 0.577. The standard InChI is InChI=1S/C9H16N2S2/c1-7(5-10)12-4-3-9-8(2)11-6-13-9/h6-7H,3-5,10H2,1-2H3. The van der Waals surface area contributed by atoms with Gasteiger partial charge in [-0.3, -0.25) is 0 Å². The molecule has 0 aliphatic rings. The van der Waals surface area contributed by atoms with Gasteiger partial charge in [-0.1, -0.05) is 6.92 Å². The van der Waals surface area contributed by atoms with Crippen LogP contribution in [0.1, 0.15) is 17.5 Å². The second-order valence-electron chi connectivity index (χ2n) is 3.03. The normalized spacial score (nSPS) is 13.2. The molecule has 0 saturated carbocycles. The summed E-state index contributed by atoms with van der Waals surface area (Å²) < 4.78 is 0. The molecule has 1 aromatic heterocycles. The zero-order valence-corrected chi connectivity index (χ0v) is 9.75. The summed E-state index contributed by atoms with van der Waals surface area (Å²) >= 11 is 3.69. The number of hydrogen-bond acceptors (Lipinski definition) is 4. The first-order valence-corrected chi connectivity index (χ1v) is 6.37. The van der Waals surface area contributed by atoms with Gasteiger partial charge in [0.05, 0.1) is 11.2 Å². The molecule has 13 heavy (non-hydrogen) atoms. The fourth-order valence-electron chi connectivity index (χ4n) is 0.987. The second kappa shape index (κ2) is 5.62. The van der Waals surface area contributed by atoms with E-state index in [2.05, 4.69) is 18.8 Å². The van der Waals surface area contributed by atoms with E-state index in [4.69, 9.17) is 5.73 Å². The molecule has 4 heteroatoms. The van der Waals surface area contributed by atoms with Crippen molar-refractivity contribution < 1.29 is 0 Å². The van der Waals surface area contributed by atoms with Gasteiger partial charge >= 0.3 is 0 Å². The minimum atomic E-state index is 0.577. The Labute approximate surface area is 87.9 Å². The summed E-state index contributed by atoms with van der Waals surface area (Å²) in [4.78, 5) is 5.63. The van der Waals surface area contributed by atoms with Gasteiger partial charge in [0.1, 0.15) is 0 Å². The smallest absolute Gasteiger partial charge is 0.0797 e. The Morgan fingerprint density at radius 3 is 3.00 bits per heavy atom. The van der Waals surface area contributed by atoms with Gasteiger partial charge in [0.15, 0.2) is 0 Å². The van der Waals surface area contributed by atoms with Crippen LogP contribution in [0.3, 0.4) is 0 Å². The van der Waals surface area contributed by atoms with Crippen LogP contribution in [0, 0.1) is 6.92 Å². The molecular formula is C9H16N2S2. The lowest BCUT2D eigenvalue weighted by Crippen LogP contribution is -2.13. The number of thiazole rings is 1. The molecule has 0 radical (unpaired) electrons. The summed E-state index contributed by atoms with van der Waals surface area (Å²) in [7, 11) is 0. The number of nitrogens with zero attached hydrogens (tertiary/aromatic N) is 1.